The predicted octanol–water partition coefficient (Wildman–Crippen LogP) is 3.63. The first-order valence-electron chi connectivity index (χ1n) is 10.2. The molecule has 0 aliphatic carbocycles. The Morgan fingerprint density at radius 2 is 1.93 bits per heavy atom. The van der Waals surface area contributed by atoms with Crippen LogP contribution in [-0.2, 0) is 13.0 Å². The van der Waals surface area contributed by atoms with Crippen molar-refractivity contribution in [3.05, 3.63) is 47.0 Å². The zero-order chi connectivity index (χ0) is 20.8. The number of aromatic nitrogens is 1. The zero-order valence-corrected chi connectivity index (χ0v) is 18.0. The minimum Gasteiger partial charge on any atom is -0.493 e. The molecule has 1 amide bonds. The van der Waals surface area contributed by atoms with Crippen molar-refractivity contribution in [2.45, 2.75) is 25.4 Å². The number of hydrogen-bond donors (Lipinski definition) is 1. The molecule has 1 aromatic carbocycles. The number of aryl methyl sites for hydroxylation is 1. The molecule has 4 heterocycles. The zero-order valence-electron chi connectivity index (χ0n) is 17.2. The summed E-state index contributed by atoms with van der Waals surface area (Å²) in [5, 5.41) is 2.07. The van der Waals surface area contributed by atoms with Crippen molar-refractivity contribution in [2.24, 2.45) is 5.73 Å². The molecule has 2 aliphatic heterocycles. The fourth-order valence-electron chi connectivity index (χ4n) is 4.58. The second-order valence-electron chi connectivity index (χ2n) is 7.84. The van der Waals surface area contributed by atoms with E-state index in [2.05, 4.69) is 28.1 Å². The molecule has 0 spiro atoms. The van der Waals surface area contributed by atoms with E-state index in [1.807, 2.05) is 17.0 Å². The molecule has 2 aromatic heterocycles. The number of carbonyl (C=O) groups is 1. The standard InChI is InChI=1S/C23H25N3O3S/c1-28-19-10-14-5-8-26-18(23(27)25-7-6-15(24)13-25)11-17(21-4-3-9-30-21)22(26)16(14)12-20(19)29-2/h3-4,9-12,15H,5-8,13,24H2,1-2H3. The predicted molar refractivity (Wildman–Crippen MR) is 118 cm³/mol. The van der Waals surface area contributed by atoms with Crippen molar-refractivity contribution in [3.63, 3.8) is 0 Å². The summed E-state index contributed by atoms with van der Waals surface area (Å²) in [6.07, 6.45) is 1.69. The van der Waals surface area contributed by atoms with Gasteiger partial charge >= 0.3 is 0 Å². The van der Waals surface area contributed by atoms with Crippen LogP contribution in [0.3, 0.4) is 0 Å². The maximum absolute atomic E-state index is 13.4. The molecule has 6 nitrogen and oxygen atoms in total. The van der Waals surface area contributed by atoms with Crippen LogP contribution in [0.25, 0.3) is 21.7 Å². The highest BCUT2D eigenvalue weighted by Crippen LogP contribution is 2.45. The molecule has 156 valence electrons. The number of rotatable bonds is 4. The number of likely N-dealkylation sites (tertiary alicyclic amines) is 1. The molecule has 7 heteroatoms. The second kappa shape index (κ2) is 7.49. The van der Waals surface area contributed by atoms with Crippen LogP contribution in [0, 0.1) is 0 Å². The number of ether oxygens (including phenoxy) is 2. The minimum atomic E-state index is 0.0657. The van der Waals surface area contributed by atoms with Crippen molar-refractivity contribution in [3.8, 4) is 33.2 Å². The highest BCUT2D eigenvalue weighted by Gasteiger charge is 2.32. The Hall–Kier alpha value is -2.77. The second-order valence-corrected chi connectivity index (χ2v) is 8.78. The molecule has 2 N–H and O–H groups in total. The number of fused-ring (bicyclic) bond motifs is 3. The molecule has 1 saturated heterocycles. The molecule has 0 saturated carbocycles. The monoisotopic (exact) mass is 423 g/mol. The van der Waals surface area contributed by atoms with Crippen LogP contribution in [0.1, 0.15) is 22.5 Å². The Bertz CT molecular complexity index is 1100. The normalized spacial score (nSPS) is 17.6. The van der Waals surface area contributed by atoms with Crippen molar-refractivity contribution in [1.82, 2.24) is 9.47 Å². The Kier molecular flexibility index (Phi) is 4.79. The van der Waals surface area contributed by atoms with Gasteiger partial charge in [-0.25, -0.2) is 0 Å². The van der Waals surface area contributed by atoms with E-state index in [9.17, 15) is 4.79 Å². The summed E-state index contributed by atoms with van der Waals surface area (Å²) in [5.41, 5.74) is 11.3. The van der Waals surface area contributed by atoms with Crippen molar-refractivity contribution in [1.29, 1.82) is 0 Å². The van der Waals surface area contributed by atoms with E-state index < -0.39 is 0 Å². The van der Waals surface area contributed by atoms with E-state index in [4.69, 9.17) is 15.2 Å². The van der Waals surface area contributed by atoms with Crippen LogP contribution < -0.4 is 15.2 Å². The van der Waals surface area contributed by atoms with Gasteiger partial charge in [-0.3, -0.25) is 4.79 Å². The first-order chi connectivity index (χ1) is 14.6. The number of hydrogen-bond acceptors (Lipinski definition) is 5. The molecule has 1 atom stereocenters. The molecule has 3 aromatic rings. The minimum absolute atomic E-state index is 0.0657. The lowest BCUT2D eigenvalue weighted by Gasteiger charge is -2.25. The molecule has 5 rings (SSSR count). The van der Waals surface area contributed by atoms with E-state index >= 15 is 0 Å². The van der Waals surface area contributed by atoms with Crippen molar-refractivity contribution < 1.29 is 14.3 Å². The Morgan fingerprint density at radius 1 is 1.13 bits per heavy atom. The number of carbonyl (C=O) groups excluding carboxylic acids is 1. The van der Waals surface area contributed by atoms with Gasteiger partial charge in [-0.1, -0.05) is 6.07 Å². The first kappa shape index (κ1) is 19.2. The van der Waals surface area contributed by atoms with Gasteiger partial charge in [0.15, 0.2) is 11.5 Å². The van der Waals surface area contributed by atoms with E-state index in [-0.39, 0.29) is 11.9 Å². The van der Waals surface area contributed by atoms with Crippen LogP contribution in [0.4, 0.5) is 0 Å². The molecule has 1 fully saturated rings. The summed E-state index contributed by atoms with van der Waals surface area (Å²) < 4.78 is 13.3. The third kappa shape index (κ3) is 3.00. The van der Waals surface area contributed by atoms with Gasteiger partial charge in [-0.05, 0) is 48.1 Å². The molecular weight excluding hydrogens is 398 g/mol. The lowest BCUT2D eigenvalue weighted by atomic mass is 9.95. The number of nitrogens with zero attached hydrogens (tertiary/aromatic N) is 2. The van der Waals surface area contributed by atoms with E-state index in [1.54, 1.807) is 25.6 Å². The fraction of sp³-hybridized carbons (Fsp3) is 0.348. The largest absolute Gasteiger partial charge is 0.493 e. The third-order valence-electron chi connectivity index (χ3n) is 6.08. The Balaban J connectivity index is 1.69. The highest BCUT2D eigenvalue weighted by atomic mass is 32.1. The van der Waals surface area contributed by atoms with E-state index in [0.717, 1.165) is 59.1 Å². The topological polar surface area (TPSA) is 69.7 Å². The number of nitrogens with two attached hydrogens (primary N) is 1. The average Bonchev–Trinajstić information content (AvgIpc) is 3.51. The Labute approximate surface area is 179 Å². The highest BCUT2D eigenvalue weighted by molar-refractivity contribution is 7.13. The van der Waals surface area contributed by atoms with Gasteiger partial charge in [0.1, 0.15) is 5.69 Å². The summed E-state index contributed by atoms with van der Waals surface area (Å²) >= 11 is 1.68. The molecule has 1 unspecified atom stereocenters. The van der Waals surface area contributed by atoms with Gasteiger partial charge in [0.25, 0.3) is 5.91 Å². The van der Waals surface area contributed by atoms with Crippen LogP contribution in [0.5, 0.6) is 11.5 Å². The molecule has 2 aliphatic rings. The summed E-state index contributed by atoms with van der Waals surface area (Å²) in [7, 11) is 3.31. The van der Waals surface area contributed by atoms with Gasteiger partial charge in [0, 0.05) is 41.7 Å². The summed E-state index contributed by atoms with van der Waals surface area (Å²) in [5.74, 6) is 1.49. The first-order valence-corrected chi connectivity index (χ1v) is 11.1. The Morgan fingerprint density at radius 3 is 2.60 bits per heavy atom. The number of methoxy groups -OCH3 is 2. The van der Waals surface area contributed by atoms with Gasteiger partial charge in [0.2, 0.25) is 0 Å². The number of thiophene rings is 1. The molecule has 30 heavy (non-hydrogen) atoms. The SMILES string of the molecule is COc1cc2c(cc1OC)-c1c(-c3cccs3)cc(C(=O)N3CCC(N)C3)n1CC2. The van der Waals surface area contributed by atoms with Gasteiger partial charge in [-0.15, -0.1) is 11.3 Å². The quantitative estimate of drug-likeness (QED) is 0.696. The van der Waals surface area contributed by atoms with Crippen molar-refractivity contribution >= 4 is 17.2 Å². The van der Waals surface area contributed by atoms with E-state index in [0.29, 0.717) is 12.3 Å². The molecule has 0 bridgehead atoms. The lowest BCUT2D eigenvalue weighted by molar-refractivity contribution is 0.0780. The van der Waals surface area contributed by atoms with Crippen LogP contribution in [-0.4, -0.2) is 48.7 Å². The van der Waals surface area contributed by atoms with E-state index in [1.165, 1.54) is 5.56 Å². The van der Waals surface area contributed by atoms with Crippen LogP contribution in [0.2, 0.25) is 0 Å². The van der Waals surface area contributed by atoms with Gasteiger partial charge < -0.3 is 24.7 Å². The fourth-order valence-corrected chi connectivity index (χ4v) is 5.33. The third-order valence-corrected chi connectivity index (χ3v) is 6.99. The number of amides is 1. The molecule has 0 radical (unpaired) electrons. The number of benzene rings is 1. The lowest BCUT2D eigenvalue weighted by Crippen LogP contribution is -2.33. The van der Waals surface area contributed by atoms with Gasteiger partial charge in [-0.2, -0.15) is 0 Å². The molecular formula is C23H25N3O3S. The maximum Gasteiger partial charge on any atom is 0.270 e. The summed E-state index contributed by atoms with van der Waals surface area (Å²) in [6, 6.07) is 10.4. The average molecular weight is 424 g/mol. The summed E-state index contributed by atoms with van der Waals surface area (Å²) in [4.78, 5) is 16.4. The van der Waals surface area contributed by atoms with Gasteiger partial charge in [0.05, 0.1) is 19.9 Å². The maximum atomic E-state index is 13.4. The van der Waals surface area contributed by atoms with Crippen molar-refractivity contribution in [2.75, 3.05) is 27.3 Å². The summed E-state index contributed by atoms with van der Waals surface area (Å²) in [6.45, 7) is 2.09. The van der Waals surface area contributed by atoms with Crippen LogP contribution >= 0.6 is 11.3 Å². The van der Waals surface area contributed by atoms with Crippen LogP contribution in [0.15, 0.2) is 35.7 Å². The smallest absolute Gasteiger partial charge is 0.270 e.